The van der Waals surface area contributed by atoms with Gasteiger partial charge in [0.05, 0.1) is 5.69 Å². The number of nitrogens with two attached hydrogens (primary N) is 1. The lowest BCUT2D eigenvalue weighted by Crippen LogP contribution is -2.02. The van der Waals surface area contributed by atoms with Crippen molar-refractivity contribution in [3.05, 3.63) is 76.9 Å². The highest BCUT2D eigenvalue weighted by Crippen LogP contribution is 2.25. The second kappa shape index (κ2) is 6.43. The Labute approximate surface area is 138 Å². The zero-order valence-corrected chi connectivity index (χ0v) is 13.1. The smallest absolute Gasteiger partial charge is 0.198 e. The maximum atomic E-state index is 13.1. The number of hydrogen-bond donors (Lipinski definition) is 3. The predicted molar refractivity (Wildman–Crippen MR) is 89.1 cm³/mol. The minimum Gasteiger partial charge on any atom is -0.399 e. The number of aliphatic hydroxyl groups is 2. The molecule has 3 rings (SSSR count). The van der Waals surface area contributed by atoms with Crippen LogP contribution in [-0.2, 0) is 6.42 Å². The Hall–Kier alpha value is -2.70. The van der Waals surface area contributed by atoms with Crippen molar-refractivity contribution in [2.75, 3.05) is 5.73 Å². The van der Waals surface area contributed by atoms with E-state index in [4.69, 9.17) is 5.73 Å². The van der Waals surface area contributed by atoms with Crippen LogP contribution in [0.15, 0.2) is 48.5 Å². The fourth-order valence-corrected chi connectivity index (χ4v) is 2.66. The zero-order valence-electron chi connectivity index (χ0n) is 13.1. The van der Waals surface area contributed by atoms with Gasteiger partial charge >= 0.3 is 0 Å². The molecule has 0 amide bonds. The van der Waals surface area contributed by atoms with E-state index >= 15 is 0 Å². The highest BCUT2D eigenvalue weighted by atomic mass is 19.1. The molecule has 1 aromatic heterocycles. The van der Waals surface area contributed by atoms with Gasteiger partial charge in [-0.3, -0.25) is 0 Å². The lowest BCUT2D eigenvalue weighted by atomic mass is 10.0. The first-order chi connectivity index (χ1) is 11.5. The van der Waals surface area contributed by atoms with Gasteiger partial charge in [-0.1, -0.05) is 12.1 Å². The average molecular weight is 327 g/mol. The number of benzene rings is 2. The van der Waals surface area contributed by atoms with E-state index in [1.165, 1.54) is 12.1 Å². The molecule has 0 spiro atoms. The van der Waals surface area contributed by atoms with Crippen molar-refractivity contribution in [1.82, 2.24) is 9.78 Å². The fraction of sp³-hybridized carbons (Fsp3) is 0.167. The summed E-state index contributed by atoms with van der Waals surface area (Å²) < 4.78 is 14.7. The van der Waals surface area contributed by atoms with Crippen molar-refractivity contribution >= 4 is 5.69 Å². The van der Waals surface area contributed by atoms with Crippen LogP contribution in [0.3, 0.4) is 0 Å². The Kier molecular flexibility index (Phi) is 4.33. The normalized spacial score (nSPS) is 11.2. The fourth-order valence-electron chi connectivity index (χ4n) is 2.66. The van der Waals surface area contributed by atoms with Crippen molar-refractivity contribution in [3.8, 4) is 5.69 Å². The van der Waals surface area contributed by atoms with Crippen LogP contribution >= 0.6 is 0 Å². The first-order valence-corrected chi connectivity index (χ1v) is 7.50. The summed E-state index contributed by atoms with van der Waals surface area (Å²) in [6.07, 6.45) is -1.26. The van der Waals surface area contributed by atoms with Crippen LogP contribution < -0.4 is 5.73 Å². The third-order valence-electron chi connectivity index (χ3n) is 3.95. The SMILES string of the molecule is Cc1c(Cc2ccc(F)cc2)c(C(O)O)nn1-c1ccc(N)cc1. The first kappa shape index (κ1) is 16.2. The Morgan fingerprint density at radius 2 is 1.71 bits per heavy atom. The molecule has 124 valence electrons. The van der Waals surface area contributed by atoms with Crippen molar-refractivity contribution in [1.29, 1.82) is 0 Å². The maximum Gasteiger partial charge on any atom is 0.198 e. The van der Waals surface area contributed by atoms with Gasteiger partial charge in [0.1, 0.15) is 11.5 Å². The molecule has 0 saturated carbocycles. The van der Waals surface area contributed by atoms with Crippen molar-refractivity contribution in [2.45, 2.75) is 19.6 Å². The molecule has 1 heterocycles. The maximum absolute atomic E-state index is 13.1. The van der Waals surface area contributed by atoms with Crippen LogP contribution in [0.2, 0.25) is 0 Å². The minimum absolute atomic E-state index is 0.189. The van der Waals surface area contributed by atoms with Crippen LogP contribution in [0.25, 0.3) is 5.69 Å². The summed E-state index contributed by atoms with van der Waals surface area (Å²) in [5.41, 5.74) is 9.64. The number of hydrogen-bond acceptors (Lipinski definition) is 4. The second-order valence-corrected chi connectivity index (χ2v) is 5.63. The Bertz CT molecular complexity index is 840. The van der Waals surface area contributed by atoms with Gasteiger partial charge in [-0.25, -0.2) is 9.07 Å². The van der Waals surface area contributed by atoms with Gasteiger partial charge in [-0.15, -0.1) is 0 Å². The van der Waals surface area contributed by atoms with E-state index in [-0.39, 0.29) is 11.5 Å². The topological polar surface area (TPSA) is 84.3 Å². The van der Waals surface area contributed by atoms with Gasteiger partial charge < -0.3 is 15.9 Å². The monoisotopic (exact) mass is 327 g/mol. The summed E-state index contributed by atoms with van der Waals surface area (Å²) in [7, 11) is 0. The van der Waals surface area contributed by atoms with Gasteiger partial charge in [0, 0.05) is 23.4 Å². The quantitative estimate of drug-likeness (QED) is 0.508. The third kappa shape index (κ3) is 3.15. The summed E-state index contributed by atoms with van der Waals surface area (Å²) in [5, 5.41) is 23.6. The van der Waals surface area contributed by atoms with Gasteiger partial charge in [-0.2, -0.15) is 5.10 Å². The van der Waals surface area contributed by atoms with E-state index in [2.05, 4.69) is 5.10 Å². The van der Waals surface area contributed by atoms with Crippen molar-refractivity contribution in [2.24, 2.45) is 0 Å². The number of aliphatic hydroxyl groups excluding tert-OH is 1. The van der Waals surface area contributed by atoms with Crippen molar-refractivity contribution in [3.63, 3.8) is 0 Å². The molecular formula is C18H18FN3O2. The molecule has 24 heavy (non-hydrogen) atoms. The number of anilines is 1. The molecule has 6 heteroatoms. The van der Waals surface area contributed by atoms with Gasteiger partial charge in [0.2, 0.25) is 0 Å². The number of nitrogen functional groups attached to an aromatic ring is 1. The lowest BCUT2D eigenvalue weighted by Gasteiger charge is -2.07. The molecule has 0 fully saturated rings. The first-order valence-electron chi connectivity index (χ1n) is 7.50. The van der Waals surface area contributed by atoms with Crippen LogP contribution in [0, 0.1) is 12.7 Å². The lowest BCUT2D eigenvalue weighted by molar-refractivity contribution is -0.0466. The molecule has 3 aromatic rings. The van der Waals surface area contributed by atoms with Crippen molar-refractivity contribution < 1.29 is 14.6 Å². The Morgan fingerprint density at radius 3 is 2.29 bits per heavy atom. The average Bonchev–Trinajstić information content (AvgIpc) is 2.88. The molecule has 5 nitrogen and oxygen atoms in total. The van der Waals surface area contributed by atoms with E-state index in [0.29, 0.717) is 17.7 Å². The van der Waals surface area contributed by atoms with Crippen LogP contribution in [-0.4, -0.2) is 20.0 Å². The second-order valence-electron chi connectivity index (χ2n) is 5.63. The molecule has 0 aliphatic rings. The molecule has 4 N–H and O–H groups in total. The van der Waals surface area contributed by atoms with Gasteiger partial charge in [0.25, 0.3) is 0 Å². The van der Waals surface area contributed by atoms with E-state index in [9.17, 15) is 14.6 Å². The van der Waals surface area contributed by atoms with E-state index in [1.807, 2.05) is 19.1 Å². The Balaban J connectivity index is 2.04. The minimum atomic E-state index is -1.69. The summed E-state index contributed by atoms with van der Waals surface area (Å²) in [5.74, 6) is -0.310. The molecule has 0 saturated heterocycles. The highest BCUT2D eigenvalue weighted by Gasteiger charge is 2.20. The zero-order chi connectivity index (χ0) is 17.3. The van der Waals surface area contributed by atoms with Gasteiger partial charge in [-0.05, 0) is 48.9 Å². The van der Waals surface area contributed by atoms with Gasteiger partial charge in [0.15, 0.2) is 6.29 Å². The summed E-state index contributed by atoms with van der Waals surface area (Å²) in [4.78, 5) is 0. The highest BCUT2D eigenvalue weighted by molar-refractivity contribution is 5.46. The van der Waals surface area contributed by atoms with Crippen LogP contribution in [0.5, 0.6) is 0 Å². The number of halogens is 1. The largest absolute Gasteiger partial charge is 0.399 e. The molecule has 0 radical (unpaired) electrons. The predicted octanol–water partition coefficient (Wildman–Crippen LogP) is 2.48. The van der Waals surface area contributed by atoms with Crippen LogP contribution in [0.1, 0.15) is 28.8 Å². The summed E-state index contributed by atoms with van der Waals surface area (Å²) in [6.45, 7) is 1.86. The molecular weight excluding hydrogens is 309 g/mol. The summed E-state index contributed by atoms with van der Waals surface area (Å²) in [6, 6.07) is 13.2. The molecule has 0 unspecified atom stereocenters. The molecule has 0 bridgehead atoms. The molecule has 2 aromatic carbocycles. The van der Waals surface area contributed by atoms with E-state index in [1.54, 1.807) is 28.9 Å². The standard InChI is InChI=1S/C18H18FN3O2/c1-11-16(10-12-2-4-13(19)5-3-12)17(18(23)24)21-22(11)15-8-6-14(20)7-9-15/h2-9,18,23-24H,10,20H2,1H3. The summed E-state index contributed by atoms with van der Waals surface area (Å²) >= 11 is 0. The van der Waals surface area contributed by atoms with Crippen LogP contribution in [0.4, 0.5) is 10.1 Å². The number of rotatable bonds is 4. The number of aromatic nitrogens is 2. The molecule has 0 atom stereocenters. The Morgan fingerprint density at radius 1 is 1.08 bits per heavy atom. The third-order valence-corrected chi connectivity index (χ3v) is 3.95. The molecule has 0 aliphatic carbocycles. The van der Waals surface area contributed by atoms with E-state index < -0.39 is 6.29 Å². The van der Waals surface area contributed by atoms with E-state index in [0.717, 1.165) is 16.9 Å². The molecule has 0 aliphatic heterocycles. The number of nitrogens with zero attached hydrogens (tertiary/aromatic N) is 2.